The molecule has 37 heavy (non-hydrogen) atoms. The van der Waals surface area contributed by atoms with Crippen molar-refractivity contribution in [3.8, 4) is 0 Å². The van der Waals surface area contributed by atoms with E-state index in [0.717, 1.165) is 17.0 Å². The summed E-state index contributed by atoms with van der Waals surface area (Å²) < 4.78 is 22.7. The summed E-state index contributed by atoms with van der Waals surface area (Å²) in [5, 5.41) is 14.2. The molecule has 1 aromatic carbocycles. The van der Waals surface area contributed by atoms with Crippen LogP contribution < -0.4 is 10.4 Å². The normalized spacial score (nSPS) is 19.8. The Morgan fingerprint density at radius 2 is 1.35 bits per heavy atom. The van der Waals surface area contributed by atoms with Gasteiger partial charge in [0.25, 0.3) is 11.8 Å². The molecule has 1 aromatic rings. The first-order valence-electron chi connectivity index (χ1n) is 13.7. The number of carboxylic acids is 1. The fourth-order valence-electron chi connectivity index (χ4n) is 5.50. The molecule has 3 aliphatic rings. The Morgan fingerprint density at radius 1 is 0.919 bits per heavy atom. The lowest BCUT2D eigenvalue weighted by Crippen LogP contribution is -2.95. The molecule has 4 rings (SSSR count). The molecule has 2 amide bonds. The number of nitrogens with two attached hydrogens (primary N) is 1. The predicted octanol–water partition coefficient (Wildman–Crippen LogP) is 2.88. The second kappa shape index (κ2) is 14.2. The third-order valence-electron chi connectivity index (χ3n) is 7.35. The van der Waals surface area contributed by atoms with Crippen LogP contribution in [0, 0.1) is 0 Å². The maximum atomic E-state index is 12.7. The van der Waals surface area contributed by atoms with Crippen molar-refractivity contribution in [3.63, 3.8) is 0 Å². The molecule has 2 N–H and O–H groups in total. The van der Waals surface area contributed by atoms with E-state index in [1.807, 2.05) is 0 Å². The first-order chi connectivity index (χ1) is 17.8. The molecule has 206 valence electrons. The Kier molecular flexibility index (Phi) is 11.3. The second-order valence-electron chi connectivity index (χ2n) is 9.97. The summed E-state index contributed by atoms with van der Waals surface area (Å²) in [5.41, 5.74) is -1.43. The van der Waals surface area contributed by atoms with Gasteiger partial charge >= 0.3 is 7.60 Å². The van der Waals surface area contributed by atoms with Crippen LogP contribution in [0.15, 0.2) is 24.3 Å². The summed E-state index contributed by atoms with van der Waals surface area (Å²) in [7, 11) is -4.09. The number of carboxylic acid groups (broad SMARTS) is 1. The standard InChI is InChI=1S/C15H18NO7P.C12H23N/c1-3-22-24(21,23-4-2)12(15(19)20)9-16-13(17)10-7-5-6-8-11(10)14(16)18;1-3-7-11(8-4-1)13-12-9-5-2-6-10-12/h5-8,12H,3-4,9H2,1-2H3,(H,19,20);11-13H,1-10H2. The van der Waals surface area contributed by atoms with Gasteiger partial charge in [0.1, 0.15) is 5.66 Å². The van der Waals surface area contributed by atoms with Gasteiger partial charge in [-0.3, -0.25) is 19.1 Å². The molecule has 1 aliphatic heterocycles. The minimum Gasteiger partial charge on any atom is -0.549 e. The number of hydrogen-bond donors (Lipinski definition) is 1. The quantitative estimate of drug-likeness (QED) is 0.360. The molecule has 0 radical (unpaired) electrons. The summed E-state index contributed by atoms with van der Waals surface area (Å²) >= 11 is 0. The maximum absolute atomic E-state index is 12.7. The Labute approximate surface area is 219 Å². The number of aliphatic carboxylic acids is 1. The minimum atomic E-state index is -4.09. The molecule has 0 bridgehead atoms. The molecular weight excluding hydrogens is 495 g/mol. The zero-order valence-electron chi connectivity index (χ0n) is 22.1. The molecule has 10 heteroatoms. The van der Waals surface area contributed by atoms with E-state index in [2.05, 4.69) is 5.32 Å². The van der Waals surface area contributed by atoms with Gasteiger partial charge in [-0.15, -0.1) is 0 Å². The fourth-order valence-corrected chi connectivity index (χ4v) is 7.27. The van der Waals surface area contributed by atoms with Crippen molar-refractivity contribution in [1.29, 1.82) is 0 Å². The Bertz CT molecular complexity index is 912. The third-order valence-corrected chi connectivity index (χ3v) is 9.72. The highest BCUT2D eigenvalue weighted by Gasteiger charge is 2.43. The van der Waals surface area contributed by atoms with Crippen molar-refractivity contribution in [1.82, 2.24) is 4.90 Å². The molecule has 0 spiro atoms. The topological polar surface area (TPSA) is 130 Å². The second-order valence-corrected chi connectivity index (χ2v) is 12.2. The van der Waals surface area contributed by atoms with Crippen molar-refractivity contribution in [2.45, 2.75) is 95.8 Å². The highest BCUT2D eigenvalue weighted by atomic mass is 31.2. The van der Waals surface area contributed by atoms with Gasteiger partial charge in [0.05, 0.1) is 42.4 Å². The van der Waals surface area contributed by atoms with Crippen molar-refractivity contribution >= 4 is 25.4 Å². The molecule has 0 saturated heterocycles. The summed E-state index contributed by atoms with van der Waals surface area (Å²) in [6.45, 7) is 2.30. The number of carbonyl (C=O) groups excluding carboxylic acids is 3. The van der Waals surface area contributed by atoms with Crippen LogP contribution in [0.2, 0.25) is 0 Å². The van der Waals surface area contributed by atoms with Gasteiger partial charge in [-0.05, 0) is 77.3 Å². The van der Waals surface area contributed by atoms with Crippen LogP contribution in [0.4, 0.5) is 0 Å². The Hall–Kier alpha value is -2.06. The van der Waals surface area contributed by atoms with E-state index in [1.54, 1.807) is 12.1 Å². The van der Waals surface area contributed by atoms with Crippen LogP contribution in [-0.4, -0.2) is 60.2 Å². The average molecular weight is 537 g/mol. The van der Waals surface area contributed by atoms with Gasteiger partial charge in [-0.25, -0.2) is 0 Å². The highest BCUT2D eigenvalue weighted by molar-refractivity contribution is 7.55. The monoisotopic (exact) mass is 536 g/mol. The van der Waals surface area contributed by atoms with Gasteiger partial charge in [0.15, 0.2) is 0 Å². The summed E-state index contributed by atoms with van der Waals surface area (Å²) in [4.78, 5) is 36.9. The maximum Gasteiger partial charge on any atom is 0.341 e. The predicted molar refractivity (Wildman–Crippen MR) is 137 cm³/mol. The van der Waals surface area contributed by atoms with E-state index in [4.69, 9.17) is 9.05 Å². The Morgan fingerprint density at radius 3 is 1.73 bits per heavy atom. The Balaban J connectivity index is 0.000000244. The number of benzene rings is 1. The van der Waals surface area contributed by atoms with Crippen molar-refractivity contribution in [2.75, 3.05) is 19.8 Å². The van der Waals surface area contributed by atoms with Gasteiger partial charge in [-0.2, -0.15) is 0 Å². The first-order valence-corrected chi connectivity index (χ1v) is 15.3. The summed E-state index contributed by atoms with van der Waals surface area (Å²) in [6, 6.07) is 8.11. The van der Waals surface area contributed by atoms with Crippen LogP contribution in [0.1, 0.15) is 98.8 Å². The van der Waals surface area contributed by atoms with E-state index in [-0.39, 0.29) is 24.3 Å². The molecular formula is C27H41N2O7P. The number of rotatable bonds is 10. The lowest BCUT2D eigenvalue weighted by molar-refractivity contribution is -0.725. The fraction of sp³-hybridized carbons (Fsp3) is 0.667. The van der Waals surface area contributed by atoms with Gasteiger partial charge in [0, 0.05) is 6.54 Å². The third kappa shape index (κ3) is 7.73. The summed E-state index contributed by atoms with van der Waals surface area (Å²) in [5.74, 6) is -3.01. The lowest BCUT2D eigenvalue weighted by atomic mass is 9.91. The molecule has 1 unspecified atom stereocenters. The van der Waals surface area contributed by atoms with Gasteiger partial charge in [0.2, 0.25) is 0 Å². The smallest absolute Gasteiger partial charge is 0.341 e. The lowest BCUT2D eigenvalue weighted by Gasteiger charge is -2.29. The largest absolute Gasteiger partial charge is 0.549 e. The van der Waals surface area contributed by atoms with Crippen LogP contribution in [-0.2, 0) is 18.4 Å². The average Bonchev–Trinajstić information content (AvgIpc) is 3.13. The van der Waals surface area contributed by atoms with Crippen molar-refractivity contribution in [2.24, 2.45) is 0 Å². The van der Waals surface area contributed by atoms with Crippen LogP contribution >= 0.6 is 7.60 Å². The zero-order chi connectivity index (χ0) is 26.8. The first kappa shape index (κ1) is 29.5. The SMILES string of the molecule is C1CCC([NH2+]C2CCCCC2)CC1.CCOP(=O)(OCC)C(CN1C(=O)c2ccccc2C1=O)C(=O)[O-]. The molecule has 2 aliphatic carbocycles. The van der Waals surface area contributed by atoms with E-state index in [0.29, 0.717) is 0 Å². The number of imide groups is 1. The zero-order valence-corrected chi connectivity index (χ0v) is 23.0. The molecule has 0 aromatic heterocycles. The summed E-state index contributed by atoms with van der Waals surface area (Å²) in [6.07, 6.45) is 15.0. The highest BCUT2D eigenvalue weighted by Crippen LogP contribution is 2.53. The number of nitrogens with zero attached hydrogens (tertiary/aromatic N) is 1. The van der Waals surface area contributed by atoms with E-state index < -0.39 is 37.6 Å². The van der Waals surface area contributed by atoms with Crippen molar-refractivity contribution in [3.05, 3.63) is 35.4 Å². The van der Waals surface area contributed by atoms with Gasteiger partial charge < -0.3 is 24.3 Å². The van der Waals surface area contributed by atoms with E-state index in [9.17, 15) is 24.1 Å². The number of amides is 2. The number of hydrogen-bond acceptors (Lipinski definition) is 7. The number of carbonyl (C=O) groups is 3. The molecule has 1 atom stereocenters. The molecule has 9 nitrogen and oxygen atoms in total. The van der Waals surface area contributed by atoms with Crippen LogP contribution in [0.3, 0.4) is 0 Å². The molecule has 1 heterocycles. The van der Waals surface area contributed by atoms with Crippen LogP contribution in [0.5, 0.6) is 0 Å². The van der Waals surface area contributed by atoms with Gasteiger partial charge in [-0.1, -0.05) is 25.0 Å². The van der Waals surface area contributed by atoms with Crippen LogP contribution in [0.25, 0.3) is 0 Å². The molecule has 2 saturated carbocycles. The number of fused-ring (bicyclic) bond motifs is 1. The van der Waals surface area contributed by atoms with Crippen molar-refractivity contribution < 1.29 is 38.4 Å². The molecule has 2 fully saturated rings. The number of quaternary nitrogens is 1. The van der Waals surface area contributed by atoms with E-state index in [1.165, 1.54) is 90.2 Å². The minimum absolute atomic E-state index is 0.0524. The van der Waals surface area contributed by atoms with E-state index >= 15 is 0 Å².